The molecule has 0 unspecified atom stereocenters. The summed E-state index contributed by atoms with van der Waals surface area (Å²) in [5, 5.41) is 0. The maximum Gasteiger partial charge on any atom is 0.419 e. The molecule has 0 fully saturated rings. The molecular weight excluding hydrogens is 653 g/mol. The van der Waals surface area contributed by atoms with Gasteiger partial charge in [0.05, 0.1) is 33.8 Å². The first-order valence-electron chi connectivity index (χ1n) is 14.8. The first-order chi connectivity index (χ1) is 23.3. The van der Waals surface area contributed by atoms with Gasteiger partial charge in [-0.25, -0.2) is 0 Å². The highest BCUT2D eigenvalue weighted by Crippen LogP contribution is 2.54. The van der Waals surface area contributed by atoms with E-state index in [-0.39, 0.29) is 16.7 Å². The van der Waals surface area contributed by atoms with E-state index in [1.54, 1.807) is 18.2 Å². The zero-order valence-electron chi connectivity index (χ0n) is 25.2. The molecule has 0 saturated carbocycles. The molecule has 1 nitrogen and oxygen atoms in total. The Morgan fingerprint density at radius 2 is 0.531 bits per heavy atom. The van der Waals surface area contributed by atoms with E-state index in [1.165, 1.54) is 91.0 Å². The molecular formula is C39H24F9N. The Bertz CT molecular complexity index is 1830. The van der Waals surface area contributed by atoms with Gasteiger partial charge in [-0.1, -0.05) is 127 Å². The van der Waals surface area contributed by atoms with Crippen molar-refractivity contribution in [3.05, 3.63) is 162 Å². The van der Waals surface area contributed by atoms with Crippen molar-refractivity contribution in [2.75, 3.05) is 4.90 Å². The van der Waals surface area contributed by atoms with Crippen molar-refractivity contribution in [3.8, 4) is 33.4 Å². The van der Waals surface area contributed by atoms with Crippen LogP contribution in [0.5, 0.6) is 0 Å². The predicted molar refractivity (Wildman–Crippen MR) is 172 cm³/mol. The molecule has 0 radical (unpaired) electrons. The number of hydrogen-bond donors (Lipinski definition) is 0. The van der Waals surface area contributed by atoms with Crippen molar-refractivity contribution < 1.29 is 39.5 Å². The zero-order valence-corrected chi connectivity index (χ0v) is 25.2. The topological polar surface area (TPSA) is 3.24 Å². The predicted octanol–water partition coefficient (Wildman–Crippen LogP) is 13.2. The van der Waals surface area contributed by atoms with E-state index in [1.807, 2.05) is 0 Å². The second-order valence-electron chi connectivity index (χ2n) is 11.0. The Kier molecular flexibility index (Phi) is 8.75. The van der Waals surface area contributed by atoms with Gasteiger partial charge in [-0.2, -0.15) is 39.5 Å². The smallest absolute Gasteiger partial charge is 0.309 e. The molecule has 0 N–H and O–H groups in total. The number of benzene rings is 6. The highest BCUT2D eigenvalue weighted by molar-refractivity contribution is 5.91. The lowest BCUT2D eigenvalue weighted by molar-refractivity contribution is -0.136. The third-order valence-corrected chi connectivity index (χ3v) is 7.95. The van der Waals surface area contributed by atoms with Crippen LogP contribution in [-0.2, 0) is 18.5 Å². The number of alkyl halides is 9. The molecule has 0 atom stereocenters. The molecule has 49 heavy (non-hydrogen) atoms. The van der Waals surface area contributed by atoms with Crippen LogP contribution in [0, 0.1) is 0 Å². The summed E-state index contributed by atoms with van der Waals surface area (Å²) in [4.78, 5) is 0.444. The minimum atomic E-state index is -5.22. The molecule has 0 saturated heterocycles. The van der Waals surface area contributed by atoms with Crippen LogP contribution in [0.2, 0.25) is 0 Å². The first kappa shape index (κ1) is 33.4. The fourth-order valence-corrected chi connectivity index (χ4v) is 6.04. The fraction of sp³-hybridized carbons (Fsp3) is 0.0769. The molecule has 248 valence electrons. The van der Waals surface area contributed by atoms with Gasteiger partial charge in [0.1, 0.15) is 0 Å². The summed E-state index contributed by atoms with van der Waals surface area (Å²) >= 11 is 0. The second-order valence-corrected chi connectivity index (χ2v) is 11.0. The van der Waals surface area contributed by atoms with E-state index in [2.05, 4.69) is 0 Å². The van der Waals surface area contributed by atoms with Gasteiger partial charge in [0.2, 0.25) is 0 Å². The molecule has 6 aromatic carbocycles. The summed E-state index contributed by atoms with van der Waals surface area (Å²) in [6.45, 7) is 0. The van der Waals surface area contributed by atoms with Crippen LogP contribution in [0.3, 0.4) is 0 Å². The third kappa shape index (κ3) is 6.63. The number of anilines is 3. The lowest BCUT2D eigenvalue weighted by Gasteiger charge is -2.34. The van der Waals surface area contributed by atoms with Gasteiger partial charge in [0, 0.05) is 0 Å². The minimum absolute atomic E-state index is 0.0692. The average Bonchev–Trinajstić information content (AvgIpc) is 3.08. The van der Waals surface area contributed by atoms with E-state index in [4.69, 9.17) is 0 Å². The molecule has 0 aliphatic heterocycles. The molecule has 10 heteroatoms. The van der Waals surface area contributed by atoms with Gasteiger partial charge in [-0.3, -0.25) is 0 Å². The highest BCUT2D eigenvalue weighted by Gasteiger charge is 2.45. The van der Waals surface area contributed by atoms with Gasteiger partial charge in [0.25, 0.3) is 0 Å². The Morgan fingerprint density at radius 1 is 0.286 bits per heavy atom. The summed E-state index contributed by atoms with van der Waals surface area (Å²) in [7, 11) is 0. The molecule has 0 heterocycles. The number of hydrogen-bond acceptors (Lipinski definition) is 1. The summed E-state index contributed by atoms with van der Waals surface area (Å²) in [5.74, 6) is 0. The SMILES string of the molecule is FC(F)(F)c1c(-c2ccccc2)cccc1N(c1cccc(-c2ccccc2)c1C(F)(F)F)c1cccc(-c2ccccc2)c1C(F)(F)F. The lowest BCUT2D eigenvalue weighted by Crippen LogP contribution is -2.24. The number of nitrogens with zero attached hydrogens (tertiary/aromatic N) is 1. The standard InChI is InChI=1S/C39H24F9N/c40-37(41,42)34-28(25-13-4-1-5-14-25)19-10-22-31(34)49(32-23-11-20-29(35(32)38(43,44)45)26-15-6-2-7-16-26)33-24-12-21-30(36(33)39(46,47)48)27-17-8-3-9-18-27/h1-24H. The molecule has 0 aliphatic carbocycles. The summed E-state index contributed by atoms with van der Waals surface area (Å²) < 4.78 is 137. The monoisotopic (exact) mass is 677 g/mol. The molecule has 0 aromatic heterocycles. The van der Waals surface area contributed by atoms with Crippen molar-refractivity contribution in [2.24, 2.45) is 0 Å². The molecule has 0 bridgehead atoms. The number of halogens is 9. The Hall–Kier alpha value is -5.51. The van der Waals surface area contributed by atoms with E-state index in [9.17, 15) is 0 Å². The quantitative estimate of drug-likeness (QED) is 0.159. The maximum atomic E-state index is 15.3. The van der Waals surface area contributed by atoms with Crippen LogP contribution in [0.15, 0.2) is 146 Å². The van der Waals surface area contributed by atoms with Gasteiger partial charge in [-0.05, 0) is 51.6 Å². The van der Waals surface area contributed by atoms with Gasteiger partial charge >= 0.3 is 18.5 Å². The van der Waals surface area contributed by atoms with Crippen LogP contribution in [0.1, 0.15) is 16.7 Å². The van der Waals surface area contributed by atoms with Crippen molar-refractivity contribution in [2.45, 2.75) is 18.5 Å². The van der Waals surface area contributed by atoms with Crippen molar-refractivity contribution in [3.63, 3.8) is 0 Å². The van der Waals surface area contributed by atoms with Gasteiger partial charge < -0.3 is 4.90 Å². The zero-order chi connectivity index (χ0) is 35.0. The second kappa shape index (κ2) is 12.8. The first-order valence-corrected chi connectivity index (χ1v) is 14.8. The Balaban J connectivity index is 1.81. The Labute approximate surface area is 275 Å². The Morgan fingerprint density at radius 3 is 0.755 bits per heavy atom. The molecule has 0 aliphatic rings. The maximum absolute atomic E-state index is 15.3. The summed E-state index contributed by atoms with van der Waals surface area (Å²) in [5.41, 5.74) is -8.02. The molecule has 6 rings (SSSR count). The van der Waals surface area contributed by atoms with E-state index in [0.29, 0.717) is 4.90 Å². The van der Waals surface area contributed by atoms with Crippen LogP contribution >= 0.6 is 0 Å². The van der Waals surface area contributed by atoms with E-state index >= 15 is 39.5 Å². The van der Waals surface area contributed by atoms with Gasteiger partial charge in [0.15, 0.2) is 0 Å². The average molecular weight is 678 g/mol. The van der Waals surface area contributed by atoms with E-state index < -0.39 is 69.0 Å². The minimum Gasteiger partial charge on any atom is -0.309 e. The summed E-state index contributed by atoms with van der Waals surface area (Å²) in [6, 6.07) is 31.5. The molecule has 0 amide bonds. The van der Waals surface area contributed by atoms with Gasteiger partial charge in [-0.15, -0.1) is 0 Å². The molecule has 6 aromatic rings. The van der Waals surface area contributed by atoms with Crippen molar-refractivity contribution in [1.82, 2.24) is 0 Å². The van der Waals surface area contributed by atoms with Crippen LogP contribution in [-0.4, -0.2) is 0 Å². The van der Waals surface area contributed by atoms with Crippen LogP contribution in [0.25, 0.3) is 33.4 Å². The normalized spacial score (nSPS) is 12.2. The van der Waals surface area contributed by atoms with Crippen molar-refractivity contribution >= 4 is 17.1 Å². The largest absolute Gasteiger partial charge is 0.419 e. The molecule has 0 spiro atoms. The fourth-order valence-electron chi connectivity index (χ4n) is 6.04. The van der Waals surface area contributed by atoms with E-state index in [0.717, 1.165) is 36.4 Å². The van der Waals surface area contributed by atoms with Crippen LogP contribution < -0.4 is 4.90 Å². The van der Waals surface area contributed by atoms with Crippen LogP contribution in [0.4, 0.5) is 56.6 Å². The third-order valence-electron chi connectivity index (χ3n) is 7.95. The lowest BCUT2D eigenvalue weighted by atomic mass is 9.92. The number of rotatable bonds is 6. The summed E-state index contributed by atoms with van der Waals surface area (Å²) in [6.07, 6.45) is -15.7. The highest BCUT2D eigenvalue weighted by atomic mass is 19.4. The van der Waals surface area contributed by atoms with Crippen molar-refractivity contribution in [1.29, 1.82) is 0 Å².